The van der Waals surface area contributed by atoms with Gasteiger partial charge in [-0.05, 0) is 119 Å². The molecule has 0 saturated carbocycles. The van der Waals surface area contributed by atoms with Gasteiger partial charge in [-0.25, -0.2) is 0 Å². The van der Waals surface area contributed by atoms with Gasteiger partial charge in [-0.3, -0.25) is 19.5 Å². The summed E-state index contributed by atoms with van der Waals surface area (Å²) < 4.78 is 18.9. The number of aromatic nitrogens is 1. The topological polar surface area (TPSA) is 110 Å². The van der Waals surface area contributed by atoms with Crippen LogP contribution in [0.5, 0.6) is 17.2 Å². The number of aryl methyl sites for hydroxylation is 1. The number of carboxylic acid groups (broad SMARTS) is 1. The number of benzene rings is 5. The van der Waals surface area contributed by atoms with Crippen molar-refractivity contribution in [1.29, 1.82) is 0 Å². The van der Waals surface area contributed by atoms with Crippen LogP contribution in [0.3, 0.4) is 0 Å². The summed E-state index contributed by atoms with van der Waals surface area (Å²) in [6.45, 7) is 7.31. The fraction of sp³-hybridized carbons (Fsp3) is 0.260. The van der Waals surface area contributed by atoms with E-state index in [0.717, 1.165) is 62.2 Å². The third-order valence-corrected chi connectivity index (χ3v) is 12.5. The van der Waals surface area contributed by atoms with Crippen molar-refractivity contribution < 1.29 is 28.9 Å². The van der Waals surface area contributed by atoms with E-state index in [4.69, 9.17) is 37.4 Å². The fourth-order valence-electron chi connectivity index (χ4n) is 8.36. The van der Waals surface area contributed by atoms with Gasteiger partial charge in [0, 0.05) is 24.5 Å². The zero-order valence-electron chi connectivity index (χ0n) is 35.1. The summed E-state index contributed by atoms with van der Waals surface area (Å²) in [7, 11) is 0. The van der Waals surface area contributed by atoms with Crippen LogP contribution in [0.1, 0.15) is 82.6 Å². The van der Waals surface area contributed by atoms with Crippen molar-refractivity contribution >= 4 is 59.9 Å². The zero-order valence-corrected chi connectivity index (χ0v) is 38.2. The third-order valence-electron chi connectivity index (χ3n) is 11.8. The number of ether oxygens (including phenoxy) is 3. The Morgan fingerprint density at radius 2 is 1.60 bits per heavy atom. The number of aliphatic carboxylic acids is 1. The summed E-state index contributed by atoms with van der Waals surface area (Å²) in [6, 6.07) is 35.8. The highest BCUT2D eigenvalue weighted by molar-refractivity contribution is 6.42. The number of pyridine rings is 1. The van der Waals surface area contributed by atoms with Crippen LogP contribution in [0.2, 0.25) is 10.0 Å². The normalized spacial score (nSPS) is 16.3. The lowest BCUT2D eigenvalue weighted by Gasteiger charge is -2.42. The first kappa shape index (κ1) is 47.2. The van der Waals surface area contributed by atoms with Crippen LogP contribution >= 0.6 is 48.0 Å². The molecule has 2 N–H and O–H groups in total. The maximum atomic E-state index is 14.7. The molecule has 0 aliphatic carbocycles. The molecule has 5 aromatic carbocycles. The van der Waals surface area contributed by atoms with E-state index < -0.39 is 18.1 Å². The molecule has 6 aromatic rings. The molecule has 0 fully saturated rings. The number of carboxylic acids is 1. The Morgan fingerprint density at radius 3 is 2.30 bits per heavy atom. The number of nitrogens with one attached hydrogen (secondary N) is 1. The molecule has 328 valence electrons. The molecule has 2 aliphatic rings. The van der Waals surface area contributed by atoms with E-state index in [0.29, 0.717) is 53.5 Å². The number of nitrogens with zero attached hydrogens (tertiary/aromatic N) is 2. The molecule has 3 heterocycles. The number of hydrogen-bond donors (Lipinski definition) is 2. The van der Waals surface area contributed by atoms with Gasteiger partial charge in [-0.1, -0.05) is 103 Å². The zero-order chi connectivity index (χ0) is 42.6. The molecule has 2 aliphatic heterocycles. The van der Waals surface area contributed by atoms with E-state index >= 15 is 0 Å². The molecule has 8 rings (SSSR count). The minimum atomic E-state index is -1.000. The summed E-state index contributed by atoms with van der Waals surface area (Å²) in [5.41, 5.74) is 9.80. The minimum absolute atomic E-state index is 0. The van der Waals surface area contributed by atoms with Gasteiger partial charge >= 0.3 is 5.97 Å². The van der Waals surface area contributed by atoms with Gasteiger partial charge in [0.1, 0.15) is 19.0 Å². The second kappa shape index (κ2) is 20.9. The standard InChI is InChI=1S/C50H47Cl2N3O6.2ClH/c1-4-44(35-8-6-5-7-9-35)55-27-38-25-46-47(61-48(29-60-46)36-15-17-39(18-16-36)59-28-32-10-19-41(51)42(52)22-32)24-37(38)23-45(55)50(58)54-43(26-49(56)57)34-13-11-33(12-14-34)40-20-21-53-31(3)30(40)2;;/h5-22,24-25,43-45,48H,4,23,26-29H2,1-3H3,(H,54,58)(H,56,57);2*1H/t43-,44-,45-,48?;;/m0../s1. The molecule has 0 bridgehead atoms. The summed E-state index contributed by atoms with van der Waals surface area (Å²) in [5.74, 6) is 0.745. The maximum absolute atomic E-state index is 14.7. The lowest BCUT2D eigenvalue weighted by atomic mass is 9.88. The minimum Gasteiger partial charge on any atom is -0.489 e. The lowest BCUT2D eigenvalue weighted by Crippen LogP contribution is -2.52. The second-order valence-electron chi connectivity index (χ2n) is 15.7. The number of fused-ring (bicyclic) bond motifs is 2. The number of rotatable bonds is 13. The van der Waals surface area contributed by atoms with E-state index in [1.54, 1.807) is 18.3 Å². The molecule has 1 unspecified atom stereocenters. The van der Waals surface area contributed by atoms with Crippen LogP contribution in [0.15, 0.2) is 121 Å². The number of carbonyl (C=O) groups is 2. The Labute approximate surface area is 390 Å². The molecular formula is C50H49Cl4N3O6. The van der Waals surface area contributed by atoms with Crippen LogP contribution in [-0.2, 0) is 29.2 Å². The molecule has 0 spiro atoms. The van der Waals surface area contributed by atoms with Gasteiger partial charge in [0.05, 0.1) is 28.5 Å². The predicted molar refractivity (Wildman–Crippen MR) is 252 cm³/mol. The van der Waals surface area contributed by atoms with Gasteiger partial charge in [0.15, 0.2) is 17.6 Å². The van der Waals surface area contributed by atoms with Crippen molar-refractivity contribution in [2.24, 2.45) is 0 Å². The maximum Gasteiger partial charge on any atom is 0.305 e. The molecule has 13 heteroatoms. The summed E-state index contributed by atoms with van der Waals surface area (Å²) in [4.78, 5) is 33.6. The number of halogens is 4. The smallest absolute Gasteiger partial charge is 0.305 e. The Hall–Kier alpha value is -5.29. The van der Waals surface area contributed by atoms with Crippen molar-refractivity contribution in [1.82, 2.24) is 15.2 Å². The highest BCUT2D eigenvalue weighted by atomic mass is 35.5. The van der Waals surface area contributed by atoms with Crippen molar-refractivity contribution in [2.75, 3.05) is 6.61 Å². The molecule has 0 saturated heterocycles. The molecule has 4 atom stereocenters. The predicted octanol–water partition coefficient (Wildman–Crippen LogP) is 11.8. The van der Waals surface area contributed by atoms with Gasteiger partial charge in [0.2, 0.25) is 5.91 Å². The van der Waals surface area contributed by atoms with Crippen LogP contribution < -0.4 is 19.5 Å². The monoisotopic (exact) mass is 927 g/mol. The average Bonchev–Trinajstić information content (AvgIpc) is 3.27. The van der Waals surface area contributed by atoms with Gasteiger partial charge in [0.25, 0.3) is 0 Å². The van der Waals surface area contributed by atoms with E-state index in [9.17, 15) is 14.7 Å². The number of carbonyl (C=O) groups excluding carboxylic acids is 1. The SMILES string of the molecule is CC[C@@H](c1ccccc1)N1Cc2cc3c(cc2C[C@H]1C(=O)N[C@@H](CC(=O)O)c1ccc(-c2ccnc(C)c2C)cc1)OC(c1ccc(OCc2ccc(Cl)c(Cl)c2)cc1)CO3.Cl.Cl. The Bertz CT molecular complexity index is 2540. The van der Waals surface area contributed by atoms with E-state index in [-0.39, 0.29) is 49.3 Å². The Morgan fingerprint density at radius 1 is 0.873 bits per heavy atom. The van der Waals surface area contributed by atoms with Crippen LogP contribution in [0.4, 0.5) is 0 Å². The first-order valence-electron chi connectivity index (χ1n) is 20.5. The highest BCUT2D eigenvalue weighted by Crippen LogP contribution is 2.43. The van der Waals surface area contributed by atoms with Crippen LogP contribution in [0.25, 0.3) is 11.1 Å². The largest absolute Gasteiger partial charge is 0.489 e. The molecular weight excluding hydrogens is 880 g/mol. The van der Waals surface area contributed by atoms with E-state index in [1.165, 1.54) is 0 Å². The summed E-state index contributed by atoms with van der Waals surface area (Å²) in [6.07, 6.45) is 2.34. The quantitative estimate of drug-likeness (QED) is 0.118. The van der Waals surface area contributed by atoms with Gasteiger partial charge < -0.3 is 24.6 Å². The van der Waals surface area contributed by atoms with Crippen molar-refractivity contribution in [2.45, 2.75) is 77.4 Å². The van der Waals surface area contributed by atoms with Crippen molar-refractivity contribution in [3.63, 3.8) is 0 Å². The third kappa shape index (κ3) is 10.7. The molecule has 0 radical (unpaired) electrons. The summed E-state index contributed by atoms with van der Waals surface area (Å²) in [5, 5.41) is 14.2. The fourth-order valence-corrected chi connectivity index (χ4v) is 8.68. The van der Waals surface area contributed by atoms with Gasteiger partial charge in [-0.2, -0.15) is 0 Å². The van der Waals surface area contributed by atoms with Crippen LogP contribution in [-0.4, -0.2) is 39.5 Å². The Balaban J connectivity index is 0.00000330. The second-order valence-corrected chi connectivity index (χ2v) is 16.5. The average molecular weight is 930 g/mol. The lowest BCUT2D eigenvalue weighted by molar-refractivity contribution is -0.138. The number of hydrogen-bond acceptors (Lipinski definition) is 7. The van der Waals surface area contributed by atoms with Crippen molar-refractivity contribution in [3.05, 3.63) is 176 Å². The molecule has 1 amide bonds. The van der Waals surface area contributed by atoms with E-state index in [2.05, 4.69) is 34.3 Å². The summed E-state index contributed by atoms with van der Waals surface area (Å²) >= 11 is 12.2. The first-order valence-corrected chi connectivity index (χ1v) is 21.3. The Kier molecular flexibility index (Phi) is 15.7. The molecule has 63 heavy (non-hydrogen) atoms. The highest BCUT2D eigenvalue weighted by Gasteiger charge is 2.38. The molecule has 9 nitrogen and oxygen atoms in total. The first-order chi connectivity index (χ1) is 29.5. The van der Waals surface area contributed by atoms with Crippen molar-refractivity contribution in [3.8, 4) is 28.4 Å². The van der Waals surface area contributed by atoms with Crippen LogP contribution in [0, 0.1) is 13.8 Å². The van der Waals surface area contributed by atoms with E-state index in [1.807, 2.05) is 105 Å². The van der Waals surface area contributed by atoms with Gasteiger partial charge in [-0.15, -0.1) is 24.8 Å². The molecule has 1 aromatic heterocycles. The number of amides is 1.